The molecule has 218 valence electrons. The highest BCUT2D eigenvalue weighted by atomic mass is 35.5. The molecular weight excluding hydrogens is 557 g/mol. The molecule has 8 nitrogen and oxygen atoms in total. The van der Waals surface area contributed by atoms with Crippen molar-refractivity contribution < 1.29 is 31.1 Å². The van der Waals surface area contributed by atoms with Crippen molar-refractivity contribution in [3.8, 4) is 11.4 Å². The third kappa shape index (κ3) is 7.81. The minimum atomic E-state index is -4.42. The molecule has 1 saturated carbocycles. The second-order valence-electron chi connectivity index (χ2n) is 10.6. The maximum Gasteiger partial charge on any atom is 0.408 e. The van der Waals surface area contributed by atoms with Crippen molar-refractivity contribution in [3.05, 3.63) is 34.9 Å². The smallest absolute Gasteiger partial charge is 0.408 e. The van der Waals surface area contributed by atoms with Gasteiger partial charge in [-0.3, -0.25) is 9.36 Å². The van der Waals surface area contributed by atoms with E-state index in [2.05, 4.69) is 15.6 Å². The molecule has 0 saturated heterocycles. The van der Waals surface area contributed by atoms with Gasteiger partial charge < -0.3 is 15.4 Å². The zero-order valence-electron chi connectivity index (χ0n) is 22.7. The lowest BCUT2D eigenvalue weighted by Gasteiger charge is -2.27. The molecule has 1 aliphatic rings. The van der Waals surface area contributed by atoms with Gasteiger partial charge in [0, 0.05) is 31.0 Å². The molecule has 1 heterocycles. The number of methoxy groups -OCH3 is 1. The van der Waals surface area contributed by atoms with E-state index in [4.69, 9.17) is 16.3 Å². The fraction of sp³-hybridized carbons (Fsp3) is 0.615. The van der Waals surface area contributed by atoms with E-state index in [0.29, 0.717) is 50.2 Å². The Hall–Kier alpha value is -2.47. The van der Waals surface area contributed by atoms with Gasteiger partial charge >= 0.3 is 6.18 Å². The maximum atomic E-state index is 13.1. The summed E-state index contributed by atoms with van der Waals surface area (Å²) in [6.45, 7) is 5.37. The number of sulfone groups is 1. The summed E-state index contributed by atoms with van der Waals surface area (Å²) in [5, 5.41) is 5.03. The topological polar surface area (TPSA) is 102 Å². The summed E-state index contributed by atoms with van der Waals surface area (Å²) in [6, 6.07) is 2.74. The predicted octanol–water partition coefficient (Wildman–Crippen LogP) is 5.43. The quantitative estimate of drug-likeness (QED) is 0.381. The van der Waals surface area contributed by atoms with Crippen LogP contribution in [0.15, 0.2) is 18.2 Å². The van der Waals surface area contributed by atoms with Crippen molar-refractivity contribution in [1.29, 1.82) is 0 Å². The van der Waals surface area contributed by atoms with Crippen molar-refractivity contribution in [2.45, 2.75) is 70.3 Å². The lowest BCUT2D eigenvalue weighted by atomic mass is 9.89. The van der Waals surface area contributed by atoms with Crippen molar-refractivity contribution in [2.75, 3.05) is 25.2 Å². The first-order valence-corrected chi connectivity index (χ1v) is 15.2. The number of anilines is 1. The number of imidazole rings is 1. The molecule has 39 heavy (non-hydrogen) atoms. The van der Waals surface area contributed by atoms with E-state index in [1.54, 1.807) is 10.6 Å². The monoisotopic (exact) mass is 592 g/mol. The normalized spacial score (nSPS) is 19.1. The number of hydrogen-bond acceptors (Lipinski definition) is 6. The molecule has 1 amide bonds. The summed E-state index contributed by atoms with van der Waals surface area (Å²) >= 11 is 6.70. The van der Waals surface area contributed by atoms with Crippen LogP contribution < -0.4 is 15.4 Å². The Morgan fingerprint density at radius 2 is 1.85 bits per heavy atom. The van der Waals surface area contributed by atoms with E-state index in [0.717, 1.165) is 6.92 Å². The molecular formula is C26H36ClF3N4O4S. The number of halogens is 4. The number of aromatic nitrogens is 2. The SMILES string of the molecule is COc1cc(N[C@H](C)C(F)(F)F)ccc1-n1c(CC(C)C)nc(C(=O)NC[C@H]2CC[C@@H](S(C)(=O)=O)CC2)c1Cl. The van der Waals surface area contributed by atoms with Crippen LogP contribution >= 0.6 is 11.6 Å². The third-order valence-electron chi connectivity index (χ3n) is 6.94. The van der Waals surface area contributed by atoms with Gasteiger partial charge in [0.1, 0.15) is 32.6 Å². The number of rotatable bonds is 10. The molecule has 0 spiro atoms. The van der Waals surface area contributed by atoms with Crippen molar-refractivity contribution in [1.82, 2.24) is 14.9 Å². The first-order valence-electron chi connectivity index (χ1n) is 12.9. The van der Waals surface area contributed by atoms with Gasteiger partial charge in [-0.2, -0.15) is 13.2 Å². The second kappa shape index (κ2) is 12.4. The van der Waals surface area contributed by atoms with Crippen LogP contribution in [0.4, 0.5) is 18.9 Å². The van der Waals surface area contributed by atoms with Gasteiger partial charge in [-0.15, -0.1) is 0 Å². The Labute approximate surface area is 232 Å². The van der Waals surface area contributed by atoms with Crippen molar-refractivity contribution in [2.24, 2.45) is 11.8 Å². The molecule has 0 aliphatic heterocycles. The summed E-state index contributed by atoms with van der Waals surface area (Å²) in [6.07, 6.45) is -0.142. The number of alkyl halides is 3. The Morgan fingerprint density at radius 1 is 1.21 bits per heavy atom. The number of benzene rings is 1. The molecule has 2 N–H and O–H groups in total. The Morgan fingerprint density at radius 3 is 2.38 bits per heavy atom. The van der Waals surface area contributed by atoms with Gasteiger partial charge in [0.05, 0.1) is 18.0 Å². The first kappa shape index (κ1) is 31.1. The predicted molar refractivity (Wildman–Crippen MR) is 146 cm³/mol. The van der Waals surface area contributed by atoms with Crippen LogP contribution in [-0.4, -0.2) is 61.3 Å². The van der Waals surface area contributed by atoms with Crippen molar-refractivity contribution >= 4 is 33.0 Å². The highest BCUT2D eigenvalue weighted by molar-refractivity contribution is 7.91. The number of carbonyl (C=O) groups excluding carboxylic acids is 1. The number of nitrogens with one attached hydrogen (secondary N) is 2. The van der Waals surface area contributed by atoms with E-state index in [1.165, 1.54) is 25.5 Å². The first-order chi connectivity index (χ1) is 18.1. The number of carbonyl (C=O) groups is 1. The molecule has 13 heteroatoms. The van der Waals surface area contributed by atoms with E-state index in [1.807, 2.05) is 13.8 Å². The summed E-state index contributed by atoms with van der Waals surface area (Å²) in [4.78, 5) is 17.7. The van der Waals surface area contributed by atoms with Crippen LogP contribution in [0.2, 0.25) is 5.15 Å². The molecule has 1 aliphatic carbocycles. The number of amides is 1. The molecule has 1 fully saturated rings. The zero-order chi connectivity index (χ0) is 29.1. The fourth-order valence-corrected chi connectivity index (χ4v) is 6.15. The van der Waals surface area contributed by atoms with Crippen molar-refractivity contribution in [3.63, 3.8) is 0 Å². The van der Waals surface area contributed by atoms with Crippen LogP contribution in [0.25, 0.3) is 5.69 Å². The summed E-state index contributed by atoms with van der Waals surface area (Å²) in [7, 11) is -1.67. The third-order valence-corrected chi connectivity index (χ3v) is 8.97. The fourth-order valence-electron chi connectivity index (χ4n) is 4.70. The Balaban J connectivity index is 1.84. The van der Waals surface area contributed by atoms with Crippen LogP contribution in [-0.2, 0) is 16.3 Å². The number of hydrogen-bond donors (Lipinski definition) is 2. The van der Waals surface area contributed by atoms with Gasteiger partial charge in [-0.1, -0.05) is 25.4 Å². The second-order valence-corrected chi connectivity index (χ2v) is 13.3. The van der Waals surface area contributed by atoms with Gasteiger partial charge in [-0.05, 0) is 56.6 Å². The molecule has 0 bridgehead atoms. The van der Waals surface area contributed by atoms with E-state index in [9.17, 15) is 26.4 Å². The Kier molecular flexibility index (Phi) is 9.85. The molecule has 1 aromatic carbocycles. The van der Waals surface area contributed by atoms with Gasteiger partial charge in [0.2, 0.25) is 0 Å². The minimum Gasteiger partial charge on any atom is -0.494 e. The van der Waals surface area contributed by atoms with Gasteiger partial charge in [0.15, 0.2) is 5.69 Å². The average Bonchev–Trinajstić information content (AvgIpc) is 3.16. The summed E-state index contributed by atoms with van der Waals surface area (Å²) in [5.41, 5.74) is 0.687. The van der Waals surface area contributed by atoms with Gasteiger partial charge in [0.25, 0.3) is 5.91 Å². The average molecular weight is 593 g/mol. The number of ether oxygens (including phenoxy) is 1. The Bertz CT molecular complexity index is 1270. The zero-order valence-corrected chi connectivity index (χ0v) is 24.3. The van der Waals surface area contributed by atoms with E-state index >= 15 is 0 Å². The standard InChI is InChI=1S/C26H36ClF3N4O4S/c1-15(2)12-22-33-23(25(35)31-14-17-6-9-19(10-7-17)39(5,36)37)24(27)34(22)20-11-8-18(13-21(20)38-4)32-16(3)26(28,29)30/h8,11,13,15-17,19,32H,6-7,9-10,12,14H2,1-5H3,(H,31,35)/t16-,17-,19+/m1/s1. The van der Waals surface area contributed by atoms with E-state index in [-0.39, 0.29) is 39.4 Å². The summed E-state index contributed by atoms with van der Waals surface area (Å²) in [5.74, 6) is 0.639. The van der Waals surface area contributed by atoms with Crippen LogP contribution in [0.1, 0.15) is 62.8 Å². The lowest BCUT2D eigenvalue weighted by Crippen LogP contribution is -2.34. The highest BCUT2D eigenvalue weighted by Gasteiger charge is 2.36. The minimum absolute atomic E-state index is 0.0343. The van der Waals surface area contributed by atoms with Crippen LogP contribution in [0.3, 0.4) is 0 Å². The van der Waals surface area contributed by atoms with Crippen LogP contribution in [0.5, 0.6) is 5.75 Å². The summed E-state index contributed by atoms with van der Waals surface area (Å²) < 4.78 is 69.8. The maximum absolute atomic E-state index is 13.1. The highest BCUT2D eigenvalue weighted by Crippen LogP contribution is 2.34. The lowest BCUT2D eigenvalue weighted by molar-refractivity contribution is -0.138. The largest absolute Gasteiger partial charge is 0.494 e. The van der Waals surface area contributed by atoms with Gasteiger partial charge in [-0.25, -0.2) is 13.4 Å². The molecule has 1 atom stereocenters. The molecule has 0 unspecified atom stereocenters. The number of nitrogens with zero attached hydrogens (tertiary/aromatic N) is 2. The molecule has 3 rings (SSSR count). The molecule has 1 aromatic heterocycles. The molecule has 0 radical (unpaired) electrons. The molecule has 2 aromatic rings. The van der Waals surface area contributed by atoms with E-state index < -0.39 is 28.0 Å². The van der Waals surface area contributed by atoms with Crippen LogP contribution in [0, 0.1) is 11.8 Å².